The Hall–Kier alpha value is -1.19. The highest BCUT2D eigenvalue weighted by molar-refractivity contribution is 5.52. The van der Waals surface area contributed by atoms with Crippen molar-refractivity contribution in [1.29, 1.82) is 0 Å². The molecule has 1 aliphatic rings. The monoisotopic (exact) mass is 271 g/mol. The number of alkyl halides is 3. The second-order valence-corrected chi connectivity index (χ2v) is 5.77. The van der Waals surface area contributed by atoms with Gasteiger partial charge < -0.3 is 5.32 Å². The minimum absolute atomic E-state index is 0.122. The van der Waals surface area contributed by atoms with E-state index in [-0.39, 0.29) is 11.1 Å². The van der Waals surface area contributed by atoms with E-state index in [1.807, 2.05) is 0 Å². The fraction of sp³-hybridized carbons (Fsp3) is 0.600. The fourth-order valence-electron chi connectivity index (χ4n) is 2.78. The highest BCUT2D eigenvalue weighted by Crippen LogP contribution is 2.38. The molecule has 19 heavy (non-hydrogen) atoms. The number of halogens is 3. The molecule has 0 saturated heterocycles. The highest BCUT2D eigenvalue weighted by atomic mass is 19.4. The van der Waals surface area contributed by atoms with Crippen LogP contribution in [0.15, 0.2) is 24.3 Å². The second kappa shape index (κ2) is 5.43. The first-order valence-electron chi connectivity index (χ1n) is 6.81. The molecule has 0 amide bonds. The van der Waals surface area contributed by atoms with Gasteiger partial charge in [0.05, 0.1) is 5.56 Å². The number of benzene rings is 1. The Morgan fingerprint density at radius 1 is 1.11 bits per heavy atom. The van der Waals surface area contributed by atoms with Crippen LogP contribution in [0.2, 0.25) is 0 Å². The van der Waals surface area contributed by atoms with Crippen molar-refractivity contribution < 1.29 is 13.2 Å². The van der Waals surface area contributed by atoms with Crippen LogP contribution < -0.4 is 5.32 Å². The molecule has 2 rings (SSSR count). The van der Waals surface area contributed by atoms with Gasteiger partial charge in [0.2, 0.25) is 0 Å². The van der Waals surface area contributed by atoms with Gasteiger partial charge in [0, 0.05) is 12.2 Å². The van der Waals surface area contributed by atoms with Crippen molar-refractivity contribution in [3.8, 4) is 0 Å². The summed E-state index contributed by atoms with van der Waals surface area (Å²) in [5, 5.41) is 3.01. The molecule has 0 aromatic heterocycles. The Labute approximate surface area is 112 Å². The molecule has 1 nitrogen and oxygen atoms in total. The molecule has 0 bridgehead atoms. The molecule has 1 saturated carbocycles. The van der Waals surface area contributed by atoms with Gasteiger partial charge in [0.15, 0.2) is 0 Å². The number of para-hydroxylation sites is 1. The van der Waals surface area contributed by atoms with E-state index in [9.17, 15) is 13.2 Å². The van der Waals surface area contributed by atoms with Crippen LogP contribution in [0.25, 0.3) is 0 Å². The molecule has 1 fully saturated rings. The Morgan fingerprint density at radius 3 is 2.37 bits per heavy atom. The number of nitrogens with one attached hydrogen (secondary N) is 1. The van der Waals surface area contributed by atoms with E-state index >= 15 is 0 Å². The van der Waals surface area contributed by atoms with Crippen LogP contribution in [0, 0.1) is 5.41 Å². The van der Waals surface area contributed by atoms with E-state index in [1.54, 1.807) is 6.07 Å². The summed E-state index contributed by atoms with van der Waals surface area (Å²) < 4.78 is 38.6. The molecule has 4 heteroatoms. The number of hydrogen-bond donors (Lipinski definition) is 1. The van der Waals surface area contributed by atoms with Gasteiger partial charge >= 0.3 is 6.18 Å². The van der Waals surface area contributed by atoms with Crippen molar-refractivity contribution in [3.05, 3.63) is 29.8 Å². The van der Waals surface area contributed by atoms with Crippen molar-refractivity contribution >= 4 is 5.69 Å². The molecule has 0 aliphatic heterocycles. The maximum atomic E-state index is 12.9. The molecular weight excluding hydrogens is 251 g/mol. The summed E-state index contributed by atoms with van der Waals surface area (Å²) in [7, 11) is 0. The Balaban J connectivity index is 2.07. The Kier molecular flexibility index (Phi) is 4.07. The topological polar surface area (TPSA) is 12.0 Å². The zero-order valence-electron chi connectivity index (χ0n) is 11.2. The summed E-state index contributed by atoms with van der Waals surface area (Å²) in [6, 6.07) is 5.71. The van der Waals surface area contributed by atoms with Crippen LogP contribution in [-0.4, -0.2) is 6.54 Å². The van der Waals surface area contributed by atoms with E-state index in [2.05, 4.69) is 12.2 Å². The minimum Gasteiger partial charge on any atom is -0.384 e. The maximum Gasteiger partial charge on any atom is 0.418 e. The molecule has 1 aromatic rings. The first-order chi connectivity index (χ1) is 8.91. The Bertz CT molecular complexity index is 420. The van der Waals surface area contributed by atoms with E-state index in [0.29, 0.717) is 6.54 Å². The number of anilines is 1. The van der Waals surface area contributed by atoms with E-state index < -0.39 is 11.7 Å². The molecule has 1 aliphatic carbocycles. The van der Waals surface area contributed by atoms with Gasteiger partial charge in [-0.25, -0.2) is 0 Å². The molecule has 0 radical (unpaired) electrons. The second-order valence-electron chi connectivity index (χ2n) is 5.77. The van der Waals surface area contributed by atoms with Gasteiger partial charge in [0.1, 0.15) is 0 Å². The molecular formula is C15H20F3N. The summed E-state index contributed by atoms with van der Waals surface area (Å²) in [4.78, 5) is 0. The standard InChI is InChI=1S/C15H20F3N/c1-14(9-5-2-6-10-14)11-19-13-8-4-3-7-12(13)15(16,17)18/h3-4,7-8,19H,2,5-6,9-11H2,1H3. The van der Waals surface area contributed by atoms with Gasteiger partial charge in [-0.2, -0.15) is 13.2 Å². The van der Waals surface area contributed by atoms with E-state index in [1.165, 1.54) is 31.4 Å². The van der Waals surface area contributed by atoms with Gasteiger partial charge in [-0.1, -0.05) is 38.3 Å². The van der Waals surface area contributed by atoms with Crippen LogP contribution >= 0.6 is 0 Å². The Morgan fingerprint density at radius 2 is 1.74 bits per heavy atom. The van der Waals surface area contributed by atoms with Gasteiger partial charge in [0.25, 0.3) is 0 Å². The first-order valence-corrected chi connectivity index (χ1v) is 6.81. The van der Waals surface area contributed by atoms with Gasteiger partial charge in [-0.3, -0.25) is 0 Å². The lowest BCUT2D eigenvalue weighted by molar-refractivity contribution is -0.137. The zero-order chi connectivity index (χ0) is 13.9. The van der Waals surface area contributed by atoms with Gasteiger partial charge in [-0.15, -0.1) is 0 Å². The number of rotatable bonds is 3. The lowest BCUT2D eigenvalue weighted by Crippen LogP contribution is -2.29. The molecule has 0 unspecified atom stereocenters. The summed E-state index contributed by atoms with van der Waals surface area (Å²) in [5.41, 5.74) is -0.257. The lowest BCUT2D eigenvalue weighted by Gasteiger charge is -2.34. The van der Waals surface area contributed by atoms with Crippen LogP contribution in [0.3, 0.4) is 0 Å². The predicted molar refractivity (Wildman–Crippen MR) is 71.1 cm³/mol. The maximum absolute atomic E-state index is 12.9. The molecule has 0 heterocycles. The minimum atomic E-state index is -4.29. The predicted octanol–water partition coefficient (Wildman–Crippen LogP) is 5.09. The van der Waals surface area contributed by atoms with Crippen LogP contribution in [0.4, 0.5) is 18.9 Å². The zero-order valence-corrected chi connectivity index (χ0v) is 11.2. The van der Waals surface area contributed by atoms with Crippen molar-refractivity contribution in [2.45, 2.75) is 45.2 Å². The molecule has 1 N–H and O–H groups in total. The smallest absolute Gasteiger partial charge is 0.384 e. The number of hydrogen-bond acceptors (Lipinski definition) is 1. The third-order valence-electron chi connectivity index (χ3n) is 4.00. The average molecular weight is 271 g/mol. The highest BCUT2D eigenvalue weighted by Gasteiger charge is 2.34. The van der Waals surface area contributed by atoms with Crippen LogP contribution in [0.1, 0.15) is 44.6 Å². The quantitative estimate of drug-likeness (QED) is 0.807. The molecule has 106 valence electrons. The molecule has 0 atom stereocenters. The van der Waals surface area contributed by atoms with E-state index in [4.69, 9.17) is 0 Å². The third-order valence-corrected chi connectivity index (χ3v) is 4.00. The summed E-state index contributed by atoms with van der Waals surface area (Å²) >= 11 is 0. The van der Waals surface area contributed by atoms with Crippen LogP contribution in [-0.2, 0) is 6.18 Å². The van der Waals surface area contributed by atoms with Crippen LogP contribution in [0.5, 0.6) is 0 Å². The SMILES string of the molecule is CC1(CNc2ccccc2C(F)(F)F)CCCCC1. The lowest BCUT2D eigenvalue weighted by atomic mass is 9.75. The average Bonchev–Trinajstić information content (AvgIpc) is 2.37. The summed E-state index contributed by atoms with van der Waals surface area (Å²) in [6.07, 6.45) is 1.49. The summed E-state index contributed by atoms with van der Waals surface area (Å²) in [6.45, 7) is 2.77. The van der Waals surface area contributed by atoms with Crippen molar-refractivity contribution in [2.24, 2.45) is 5.41 Å². The normalized spacial score (nSPS) is 19.2. The van der Waals surface area contributed by atoms with Crippen molar-refractivity contribution in [3.63, 3.8) is 0 Å². The largest absolute Gasteiger partial charge is 0.418 e. The first kappa shape index (κ1) is 14.2. The van der Waals surface area contributed by atoms with Gasteiger partial charge in [-0.05, 0) is 30.4 Å². The molecule has 1 aromatic carbocycles. The fourth-order valence-corrected chi connectivity index (χ4v) is 2.78. The van der Waals surface area contributed by atoms with E-state index in [0.717, 1.165) is 18.9 Å². The molecule has 0 spiro atoms. The van der Waals surface area contributed by atoms with Crippen molar-refractivity contribution in [1.82, 2.24) is 0 Å². The van der Waals surface area contributed by atoms with Crippen molar-refractivity contribution in [2.75, 3.05) is 11.9 Å². The summed E-state index contributed by atoms with van der Waals surface area (Å²) in [5.74, 6) is 0. The third kappa shape index (κ3) is 3.64.